The minimum Gasteiger partial charge on any atom is -0.118 e. The van der Waals surface area contributed by atoms with E-state index in [2.05, 4.69) is 57.2 Å². The Kier molecular flexibility index (Phi) is 3.55. The van der Waals surface area contributed by atoms with Gasteiger partial charge in [0.15, 0.2) is 0 Å². The van der Waals surface area contributed by atoms with Gasteiger partial charge >= 0.3 is 0 Å². The largest absolute Gasteiger partial charge is 0.118 e. The molecule has 0 aromatic heterocycles. The molecule has 16 heavy (non-hydrogen) atoms. The van der Waals surface area contributed by atoms with Gasteiger partial charge in [0.1, 0.15) is 0 Å². The summed E-state index contributed by atoms with van der Waals surface area (Å²) in [6.45, 7) is 6.51. The summed E-state index contributed by atoms with van der Waals surface area (Å²) < 4.78 is 0. The summed E-state index contributed by atoms with van der Waals surface area (Å²) in [5.74, 6) is 0. The SMILES string of the molecule is CC1=CCC(Sc2ccc(C)cc2C)C=C1. The first-order chi connectivity index (χ1) is 7.65. The maximum Gasteiger partial charge on any atom is 0.0312 e. The van der Waals surface area contributed by atoms with Gasteiger partial charge in [0.05, 0.1) is 0 Å². The molecule has 0 bridgehead atoms. The lowest BCUT2D eigenvalue weighted by Crippen LogP contribution is -2.01. The first kappa shape index (κ1) is 11.5. The summed E-state index contributed by atoms with van der Waals surface area (Å²) in [4.78, 5) is 1.41. The molecule has 1 unspecified atom stereocenters. The highest BCUT2D eigenvalue weighted by Gasteiger charge is 2.10. The molecule has 0 fully saturated rings. The number of benzene rings is 1. The van der Waals surface area contributed by atoms with E-state index in [0.717, 1.165) is 6.42 Å². The molecular formula is C15H18S. The second kappa shape index (κ2) is 4.92. The van der Waals surface area contributed by atoms with Gasteiger partial charge in [0, 0.05) is 10.1 Å². The van der Waals surface area contributed by atoms with Gasteiger partial charge in [-0.15, -0.1) is 11.8 Å². The van der Waals surface area contributed by atoms with Gasteiger partial charge in [-0.25, -0.2) is 0 Å². The summed E-state index contributed by atoms with van der Waals surface area (Å²) in [7, 11) is 0. The van der Waals surface area contributed by atoms with E-state index < -0.39 is 0 Å². The zero-order chi connectivity index (χ0) is 11.5. The van der Waals surface area contributed by atoms with E-state index in [4.69, 9.17) is 0 Å². The van der Waals surface area contributed by atoms with E-state index in [0.29, 0.717) is 5.25 Å². The van der Waals surface area contributed by atoms with Gasteiger partial charge in [-0.05, 0) is 38.8 Å². The Bertz CT molecular complexity index is 441. The van der Waals surface area contributed by atoms with Gasteiger partial charge in [-0.2, -0.15) is 0 Å². The van der Waals surface area contributed by atoms with Crippen molar-refractivity contribution in [2.24, 2.45) is 0 Å². The predicted molar refractivity (Wildman–Crippen MR) is 73.1 cm³/mol. The maximum atomic E-state index is 2.32. The van der Waals surface area contributed by atoms with Crippen LogP contribution in [0.5, 0.6) is 0 Å². The molecule has 0 saturated heterocycles. The average Bonchev–Trinajstić information content (AvgIpc) is 2.25. The minimum absolute atomic E-state index is 0.602. The van der Waals surface area contributed by atoms with Crippen molar-refractivity contribution in [3.05, 3.63) is 53.1 Å². The molecule has 0 radical (unpaired) electrons. The van der Waals surface area contributed by atoms with Gasteiger partial charge in [0.25, 0.3) is 0 Å². The molecule has 1 aromatic rings. The molecule has 0 nitrogen and oxygen atoms in total. The topological polar surface area (TPSA) is 0 Å². The molecular weight excluding hydrogens is 212 g/mol. The van der Waals surface area contributed by atoms with Gasteiger partial charge < -0.3 is 0 Å². The van der Waals surface area contributed by atoms with Crippen LogP contribution in [0.1, 0.15) is 24.5 Å². The Morgan fingerprint density at radius 2 is 2.00 bits per heavy atom. The van der Waals surface area contributed by atoms with Crippen molar-refractivity contribution < 1.29 is 0 Å². The lowest BCUT2D eigenvalue weighted by molar-refractivity contribution is 1.03. The minimum atomic E-state index is 0.602. The summed E-state index contributed by atoms with van der Waals surface area (Å²) in [5, 5.41) is 0.602. The molecule has 1 heteroatoms. The molecule has 0 saturated carbocycles. The van der Waals surface area contributed by atoms with E-state index in [1.54, 1.807) is 0 Å². The van der Waals surface area contributed by atoms with Crippen LogP contribution in [-0.4, -0.2) is 5.25 Å². The van der Waals surface area contributed by atoms with E-state index in [9.17, 15) is 0 Å². The highest BCUT2D eigenvalue weighted by molar-refractivity contribution is 8.00. The van der Waals surface area contributed by atoms with E-state index >= 15 is 0 Å². The second-order valence-electron chi connectivity index (χ2n) is 4.47. The molecule has 2 rings (SSSR count). The van der Waals surface area contributed by atoms with Crippen LogP contribution in [0.4, 0.5) is 0 Å². The average molecular weight is 230 g/mol. The lowest BCUT2D eigenvalue weighted by atomic mass is 10.1. The third-order valence-electron chi connectivity index (χ3n) is 2.85. The molecule has 84 valence electrons. The van der Waals surface area contributed by atoms with Crippen LogP contribution >= 0.6 is 11.8 Å². The fourth-order valence-corrected chi connectivity index (χ4v) is 2.96. The van der Waals surface area contributed by atoms with Crippen molar-refractivity contribution in [1.82, 2.24) is 0 Å². The van der Waals surface area contributed by atoms with Crippen LogP contribution in [-0.2, 0) is 0 Å². The Hall–Kier alpha value is -0.950. The maximum absolute atomic E-state index is 2.32. The summed E-state index contributed by atoms with van der Waals surface area (Å²) in [6, 6.07) is 6.70. The van der Waals surface area contributed by atoms with Crippen molar-refractivity contribution in [2.45, 2.75) is 37.3 Å². The Morgan fingerprint density at radius 1 is 1.19 bits per heavy atom. The molecule has 1 aromatic carbocycles. The summed E-state index contributed by atoms with van der Waals surface area (Å²) >= 11 is 1.97. The van der Waals surface area contributed by atoms with Gasteiger partial charge in [-0.3, -0.25) is 0 Å². The van der Waals surface area contributed by atoms with Crippen molar-refractivity contribution in [2.75, 3.05) is 0 Å². The normalized spacial score (nSPS) is 19.7. The van der Waals surface area contributed by atoms with Crippen molar-refractivity contribution >= 4 is 11.8 Å². The number of rotatable bonds is 2. The number of thioether (sulfide) groups is 1. The molecule has 1 aliphatic carbocycles. The van der Waals surface area contributed by atoms with E-state index in [1.165, 1.54) is 21.6 Å². The number of allylic oxidation sites excluding steroid dienone is 3. The second-order valence-corrected chi connectivity index (χ2v) is 5.75. The molecule has 0 heterocycles. The van der Waals surface area contributed by atoms with Crippen LogP contribution < -0.4 is 0 Å². The molecule has 1 atom stereocenters. The monoisotopic (exact) mass is 230 g/mol. The third kappa shape index (κ3) is 2.79. The third-order valence-corrected chi connectivity index (χ3v) is 4.22. The molecule has 0 aliphatic heterocycles. The van der Waals surface area contributed by atoms with E-state index in [1.807, 2.05) is 11.8 Å². The molecule has 0 amide bonds. The summed E-state index contributed by atoms with van der Waals surface area (Å²) in [6.07, 6.45) is 8.02. The first-order valence-electron chi connectivity index (χ1n) is 5.74. The zero-order valence-corrected chi connectivity index (χ0v) is 11.0. The Morgan fingerprint density at radius 3 is 2.62 bits per heavy atom. The number of aryl methyl sites for hydroxylation is 2. The summed E-state index contributed by atoms with van der Waals surface area (Å²) in [5.41, 5.74) is 4.12. The predicted octanol–water partition coefficient (Wildman–Crippen LogP) is 4.67. The fraction of sp³-hybridized carbons (Fsp3) is 0.333. The van der Waals surface area contributed by atoms with Crippen LogP contribution in [0.25, 0.3) is 0 Å². The van der Waals surface area contributed by atoms with Crippen LogP contribution in [0.15, 0.2) is 46.9 Å². The van der Waals surface area contributed by atoms with Gasteiger partial charge in [-0.1, -0.05) is 41.5 Å². The highest BCUT2D eigenvalue weighted by Crippen LogP contribution is 2.31. The first-order valence-corrected chi connectivity index (χ1v) is 6.62. The smallest absolute Gasteiger partial charge is 0.0312 e. The van der Waals surface area contributed by atoms with Crippen molar-refractivity contribution in [3.63, 3.8) is 0 Å². The van der Waals surface area contributed by atoms with Crippen LogP contribution in [0, 0.1) is 13.8 Å². The quantitative estimate of drug-likeness (QED) is 0.711. The Balaban J connectivity index is 2.08. The standard InChI is InChI=1S/C15H18S/c1-11-4-7-14(8-5-11)16-15-9-6-12(2)10-13(15)3/h4-7,9-10,14H,8H2,1-3H3. The zero-order valence-electron chi connectivity index (χ0n) is 10.2. The van der Waals surface area contributed by atoms with Crippen molar-refractivity contribution in [1.29, 1.82) is 0 Å². The number of hydrogen-bond acceptors (Lipinski definition) is 1. The molecule has 0 spiro atoms. The van der Waals surface area contributed by atoms with Crippen molar-refractivity contribution in [3.8, 4) is 0 Å². The fourth-order valence-electron chi connectivity index (χ4n) is 1.89. The van der Waals surface area contributed by atoms with Crippen LogP contribution in [0.2, 0.25) is 0 Å². The molecule has 1 aliphatic rings. The van der Waals surface area contributed by atoms with Crippen LogP contribution in [0.3, 0.4) is 0 Å². The van der Waals surface area contributed by atoms with Gasteiger partial charge in [0.2, 0.25) is 0 Å². The van der Waals surface area contributed by atoms with E-state index in [-0.39, 0.29) is 0 Å². The number of hydrogen-bond donors (Lipinski definition) is 0. The highest BCUT2D eigenvalue weighted by atomic mass is 32.2. The Labute approximate surface area is 102 Å². The molecule has 0 N–H and O–H groups in total. The lowest BCUT2D eigenvalue weighted by Gasteiger charge is -2.16.